The summed E-state index contributed by atoms with van der Waals surface area (Å²) in [6.45, 7) is 0.384. The van der Waals surface area contributed by atoms with Gasteiger partial charge in [-0.1, -0.05) is 23.7 Å². The molecule has 0 saturated carbocycles. The molecule has 0 radical (unpaired) electrons. The average molecular weight is 433 g/mol. The number of carbonyl (C=O) groups excluding carboxylic acids is 1. The van der Waals surface area contributed by atoms with Gasteiger partial charge in [-0.15, -0.1) is 0 Å². The Morgan fingerprint density at radius 2 is 2.17 bits per heavy atom. The van der Waals surface area contributed by atoms with Gasteiger partial charge < -0.3 is 20.1 Å². The number of amides is 1. The van der Waals surface area contributed by atoms with Crippen LogP contribution >= 0.6 is 11.6 Å². The fraction of sp³-hybridized carbons (Fsp3) is 0.200. The Hall–Kier alpha value is -3.46. The molecular formula is C20H18ClFN4O4. The Balaban J connectivity index is 1.75. The molecule has 2 aromatic rings. The van der Waals surface area contributed by atoms with E-state index in [4.69, 9.17) is 21.4 Å². The first kappa shape index (κ1) is 21.3. The van der Waals surface area contributed by atoms with E-state index in [0.29, 0.717) is 40.6 Å². The van der Waals surface area contributed by atoms with Gasteiger partial charge in [0, 0.05) is 29.4 Å². The van der Waals surface area contributed by atoms with Gasteiger partial charge in [0.15, 0.2) is 0 Å². The summed E-state index contributed by atoms with van der Waals surface area (Å²) in [5.41, 5.74) is 1.46. The molecule has 10 heteroatoms. The van der Waals surface area contributed by atoms with Crippen molar-refractivity contribution in [2.45, 2.75) is 6.42 Å². The molecule has 8 nitrogen and oxygen atoms in total. The maximum absolute atomic E-state index is 13.9. The number of hydrogen-bond acceptors (Lipinski definition) is 6. The number of rotatable bonds is 6. The molecule has 0 fully saturated rings. The van der Waals surface area contributed by atoms with E-state index in [2.05, 4.69) is 15.3 Å². The number of methoxy groups -OCH3 is 1. The molecule has 1 aliphatic rings. The second-order valence-corrected chi connectivity index (χ2v) is 6.68. The van der Waals surface area contributed by atoms with E-state index in [1.165, 1.54) is 19.4 Å². The van der Waals surface area contributed by atoms with Crippen LogP contribution in [0.3, 0.4) is 0 Å². The summed E-state index contributed by atoms with van der Waals surface area (Å²) in [5, 5.41) is 12.3. The molecule has 0 saturated heterocycles. The third-order valence-corrected chi connectivity index (χ3v) is 4.66. The number of carboxylic acid groups (broad SMARTS) is 1. The quantitative estimate of drug-likeness (QED) is 0.676. The molecule has 1 aromatic heterocycles. The standard InChI is InChI=1S/C20H18ClFN4O4/c1-30-20-24-16(12-4-3-9-26(11-12)18(27)19(28)29)10-17(25-20)23-8-7-13-14(21)5-2-6-15(13)22/h2-6,9-10H,7-8,11H2,1H3,(H,28,29)(H,23,24,25). The summed E-state index contributed by atoms with van der Waals surface area (Å²) in [5.74, 6) is -2.54. The molecule has 3 rings (SSSR count). The van der Waals surface area contributed by atoms with Gasteiger partial charge in [0.1, 0.15) is 11.6 Å². The van der Waals surface area contributed by atoms with Crippen molar-refractivity contribution >= 4 is 34.9 Å². The Morgan fingerprint density at radius 3 is 2.87 bits per heavy atom. The molecule has 30 heavy (non-hydrogen) atoms. The van der Waals surface area contributed by atoms with E-state index < -0.39 is 11.9 Å². The van der Waals surface area contributed by atoms with Gasteiger partial charge in [0.25, 0.3) is 0 Å². The first-order chi connectivity index (χ1) is 14.4. The number of ether oxygens (including phenoxy) is 1. The minimum atomic E-state index is -1.55. The van der Waals surface area contributed by atoms with Crippen molar-refractivity contribution in [1.82, 2.24) is 14.9 Å². The largest absolute Gasteiger partial charge is 0.474 e. The lowest BCUT2D eigenvalue weighted by Gasteiger charge is -2.21. The summed E-state index contributed by atoms with van der Waals surface area (Å²) in [6, 6.07) is 6.24. The summed E-state index contributed by atoms with van der Waals surface area (Å²) in [4.78, 5) is 32.2. The Labute approximate surface area is 176 Å². The van der Waals surface area contributed by atoms with Crippen molar-refractivity contribution in [1.29, 1.82) is 0 Å². The Kier molecular flexibility index (Phi) is 6.63. The van der Waals surface area contributed by atoms with Crippen LogP contribution in [0, 0.1) is 5.82 Å². The predicted molar refractivity (Wildman–Crippen MR) is 109 cm³/mol. The van der Waals surface area contributed by atoms with Crippen molar-refractivity contribution in [2.75, 3.05) is 25.5 Å². The van der Waals surface area contributed by atoms with Crippen LogP contribution in [-0.2, 0) is 16.0 Å². The topological polar surface area (TPSA) is 105 Å². The van der Waals surface area contributed by atoms with Crippen LogP contribution in [0.5, 0.6) is 6.01 Å². The molecule has 156 valence electrons. The second kappa shape index (κ2) is 9.36. The molecular weight excluding hydrogens is 415 g/mol. The van der Waals surface area contributed by atoms with Crippen molar-refractivity contribution in [3.05, 3.63) is 64.7 Å². The van der Waals surface area contributed by atoms with E-state index in [1.54, 1.807) is 30.4 Å². The molecule has 0 bridgehead atoms. The smallest absolute Gasteiger partial charge is 0.394 e. The molecule has 1 aromatic carbocycles. The number of anilines is 1. The lowest BCUT2D eigenvalue weighted by Crippen LogP contribution is -2.34. The van der Waals surface area contributed by atoms with Gasteiger partial charge >= 0.3 is 17.9 Å². The third kappa shape index (κ3) is 4.93. The Morgan fingerprint density at radius 1 is 1.37 bits per heavy atom. The lowest BCUT2D eigenvalue weighted by atomic mass is 10.1. The molecule has 0 atom stereocenters. The molecule has 0 spiro atoms. The maximum atomic E-state index is 13.9. The van der Waals surface area contributed by atoms with E-state index in [0.717, 1.165) is 4.90 Å². The van der Waals surface area contributed by atoms with Crippen molar-refractivity contribution in [3.8, 4) is 6.01 Å². The monoisotopic (exact) mass is 432 g/mol. The molecule has 1 aliphatic heterocycles. The number of aromatic nitrogens is 2. The predicted octanol–water partition coefficient (Wildman–Crippen LogP) is 2.76. The summed E-state index contributed by atoms with van der Waals surface area (Å²) >= 11 is 6.05. The number of aliphatic carboxylic acids is 1. The number of carboxylic acids is 1. The third-order valence-electron chi connectivity index (χ3n) is 4.31. The van der Waals surface area contributed by atoms with Gasteiger partial charge in [-0.3, -0.25) is 4.79 Å². The fourth-order valence-corrected chi connectivity index (χ4v) is 3.10. The number of carbonyl (C=O) groups is 2. The number of halogens is 2. The second-order valence-electron chi connectivity index (χ2n) is 6.27. The van der Waals surface area contributed by atoms with E-state index in [-0.39, 0.29) is 18.4 Å². The van der Waals surface area contributed by atoms with E-state index >= 15 is 0 Å². The Bertz CT molecular complexity index is 1020. The van der Waals surface area contributed by atoms with Crippen molar-refractivity contribution < 1.29 is 23.8 Å². The van der Waals surface area contributed by atoms with Crippen molar-refractivity contribution in [2.24, 2.45) is 0 Å². The minimum Gasteiger partial charge on any atom is -0.474 e. The normalized spacial score (nSPS) is 13.0. The zero-order chi connectivity index (χ0) is 21.7. The first-order valence-electron chi connectivity index (χ1n) is 8.90. The van der Waals surface area contributed by atoms with Crippen LogP contribution in [-0.4, -0.2) is 52.1 Å². The van der Waals surface area contributed by atoms with Gasteiger partial charge in [-0.05, 0) is 30.2 Å². The summed E-state index contributed by atoms with van der Waals surface area (Å²) in [7, 11) is 1.41. The van der Waals surface area contributed by atoms with Crippen LogP contribution in [0.25, 0.3) is 5.57 Å². The van der Waals surface area contributed by atoms with Gasteiger partial charge in [-0.2, -0.15) is 9.97 Å². The zero-order valence-electron chi connectivity index (χ0n) is 15.9. The SMILES string of the molecule is COc1nc(NCCc2c(F)cccc2Cl)cc(C2=CC=CN(C(=O)C(=O)O)C2)n1. The highest BCUT2D eigenvalue weighted by Gasteiger charge is 2.23. The van der Waals surface area contributed by atoms with E-state index in [1.807, 2.05) is 0 Å². The highest BCUT2D eigenvalue weighted by molar-refractivity contribution is 6.32. The fourth-order valence-electron chi connectivity index (χ4n) is 2.84. The molecule has 2 N–H and O–H groups in total. The highest BCUT2D eigenvalue weighted by Crippen LogP contribution is 2.23. The maximum Gasteiger partial charge on any atom is 0.394 e. The highest BCUT2D eigenvalue weighted by atomic mass is 35.5. The molecule has 0 aliphatic carbocycles. The van der Waals surface area contributed by atoms with Crippen LogP contribution in [0.1, 0.15) is 11.3 Å². The van der Waals surface area contributed by atoms with Gasteiger partial charge in [-0.25, -0.2) is 9.18 Å². The average Bonchev–Trinajstić information content (AvgIpc) is 2.75. The number of allylic oxidation sites excluding steroid dienone is 2. The first-order valence-corrected chi connectivity index (χ1v) is 9.28. The number of nitrogens with zero attached hydrogens (tertiary/aromatic N) is 3. The van der Waals surface area contributed by atoms with Crippen LogP contribution in [0.2, 0.25) is 5.02 Å². The summed E-state index contributed by atoms with van der Waals surface area (Å²) < 4.78 is 19.1. The molecule has 0 unspecified atom stereocenters. The molecule has 2 heterocycles. The number of hydrogen-bond donors (Lipinski definition) is 2. The van der Waals surface area contributed by atoms with Crippen LogP contribution < -0.4 is 10.1 Å². The molecule has 1 amide bonds. The van der Waals surface area contributed by atoms with Crippen molar-refractivity contribution in [3.63, 3.8) is 0 Å². The number of nitrogens with one attached hydrogen (secondary N) is 1. The van der Waals surface area contributed by atoms with Crippen LogP contribution in [0.15, 0.2) is 42.6 Å². The summed E-state index contributed by atoms with van der Waals surface area (Å²) in [6.07, 6.45) is 4.99. The lowest BCUT2D eigenvalue weighted by molar-refractivity contribution is -0.154. The van der Waals surface area contributed by atoms with Gasteiger partial charge in [0.05, 0.1) is 19.3 Å². The zero-order valence-corrected chi connectivity index (χ0v) is 16.7. The van der Waals surface area contributed by atoms with Crippen LogP contribution in [0.4, 0.5) is 10.2 Å². The minimum absolute atomic E-state index is 0.0338. The van der Waals surface area contributed by atoms with Gasteiger partial charge in [0.2, 0.25) is 0 Å². The number of benzene rings is 1. The van der Waals surface area contributed by atoms with E-state index in [9.17, 15) is 14.0 Å².